The molecule has 3 atom stereocenters. The number of hydrogen-bond acceptors (Lipinski definition) is 2. The first kappa shape index (κ1) is 12.5. The predicted molar refractivity (Wildman–Crippen MR) is 62.4 cm³/mol. The van der Waals surface area contributed by atoms with E-state index in [0.717, 1.165) is 25.2 Å². The normalized spacial score (nSPS) is 29.3. The zero-order valence-electron chi connectivity index (χ0n) is 9.96. The van der Waals surface area contributed by atoms with Crippen LogP contribution in [0.1, 0.15) is 52.4 Å². The van der Waals surface area contributed by atoms with Gasteiger partial charge in [-0.3, -0.25) is 4.79 Å². The second-order valence-corrected chi connectivity index (χ2v) is 4.83. The maximum absolute atomic E-state index is 11.6. The largest absolute Gasteiger partial charge is 0.352 e. The Bertz CT molecular complexity index is 206. The van der Waals surface area contributed by atoms with Gasteiger partial charge in [0, 0.05) is 6.04 Å². The zero-order chi connectivity index (χ0) is 11.3. The van der Waals surface area contributed by atoms with E-state index in [1.54, 1.807) is 0 Å². The molecular formula is C12H24N2O. The number of nitrogens with one attached hydrogen (secondary N) is 1. The van der Waals surface area contributed by atoms with Gasteiger partial charge in [0.15, 0.2) is 0 Å². The minimum atomic E-state index is -0.328. The molecule has 1 aliphatic rings. The van der Waals surface area contributed by atoms with Gasteiger partial charge in [-0.25, -0.2) is 0 Å². The number of nitrogens with two attached hydrogens (primary N) is 1. The maximum atomic E-state index is 11.6. The molecule has 0 radical (unpaired) electrons. The zero-order valence-corrected chi connectivity index (χ0v) is 9.96. The van der Waals surface area contributed by atoms with Crippen LogP contribution in [-0.4, -0.2) is 18.0 Å². The van der Waals surface area contributed by atoms with Gasteiger partial charge in [0.1, 0.15) is 0 Å². The highest BCUT2D eigenvalue weighted by Gasteiger charge is 2.19. The maximum Gasteiger partial charge on any atom is 0.237 e. The molecule has 3 heteroatoms. The van der Waals surface area contributed by atoms with Crippen LogP contribution in [0.25, 0.3) is 0 Å². The molecule has 88 valence electrons. The highest BCUT2D eigenvalue weighted by molar-refractivity contribution is 5.81. The average Bonchev–Trinajstić information content (AvgIpc) is 2.42. The molecule has 0 aromatic carbocycles. The molecule has 1 amide bonds. The van der Waals surface area contributed by atoms with Crippen molar-refractivity contribution in [2.24, 2.45) is 11.7 Å². The van der Waals surface area contributed by atoms with E-state index < -0.39 is 0 Å². The summed E-state index contributed by atoms with van der Waals surface area (Å²) in [5.74, 6) is 0.837. The molecule has 0 heterocycles. The first-order valence-corrected chi connectivity index (χ1v) is 6.19. The number of amides is 1. The smallest absolute Gasteiger partial charge is 0.237 e. The Morgan fingerprint density at radius 2 is 2.13 bits per heavy atom. The molecule has 1 saturated carbocycles. The first-order valence-electron chi connectivity index (χ1n) is 6.19. The minimum Gasteiger partial charge on any atom is -0.352 e. The van der Waals surface area contributed by atoms with Crippen LogP contribution >= 0.6 is 0 Å². The van der Waals surface area contributed by atoms with E-state index in [9.17, 15) is 4.79 Å². The third-order valence-electron chi connectivity index (χ3n) is 3.38. The van der Waals surface area contributed by atoms with Crippen molar-refractivity contribution < 1.29 is 4.79 Å². The fourth-order valence-corrected chi connectivity index (χ4v) is 2.13. The summed E-state index contributed by atoms with van der Waals surface area (Å²) in [5.41, 5.74) is 5.69. The Morgan fingerprint density at radius 1 is 1.40 bits per heavy atom. The number of hydrogen-bond donors (Lipinski definition) is 2. The SMILES string of the molecule is CC[C@H](N)C(=O)NC1CCCC(C)CC1. The van der Waals surface area contributed by atoms with Crippen LogP contribution in [0.4, 0.5) is 0 Å². The number of carbonyl (C=O) groups is 1. The summed E-state index contributed by atoms with van der Waals surface area (Å²) in [5, 5.41) is 3.07. The first-order chi connectivity index (χ1) is 7.13. The Kier molecular flexibility index (Phi) is 5.09. The third-order valence-corrected chi connectivity index (χ3v) is 3.38. The molecule has 15 heavy (non-hydrogen) atoms. The summed E-state index contributed by atoms with van der Waals surface area (Å²) in [6.45, 7) is 4.24. The van der Waals surface area contributed by atoms with Gasteiger partial charge in [0.2, 0.25) is 5.91 Å². The summed E-state index contributed by atoms with van der Waals surface area (Å²) in [6.07, 6.45) is 6.71. The second kappa shape index (κ2) is 6.11. The quantitative estimate of drug-likeness (QED) is 0.701. The van der Waals surface area contributed by atoms with Crippen molar-refractivity contribution in [1.82, 2.24) is 5.32 Å². The van der Waals surface area contributed by atoms with E-state index in [2.05, 4.69) is 12.2 Å². The van der Waals surface area contributed by atoms with E-state index in [1.165, 1.54) is 19.3 Å². The number of rotatable bonds is 3. The lowest BCUT2D eigenvalue weighted by Gasteiger charge is -2.18. The summed E-state index contributed by atoms with van der Waals surface area (Å²) >= 11 is 0. The lowest BCUT2D eigenvalue weighted by atomic mass is 10.0. The molecule has 3 nitrogen and oxygen atoms in total. The molecule has 0 saturated heterocycles. The van der Waals surface area contributed by atoms with Gasteiger partial charge in [-0.15, -0.1) is 0 Å². The van der Waals surface area contributed by atoms with Crippen LogP contribution in [0.2, 0.25) is 0 Å². The van der Waals surface area contributed by atoms with E-state index in [-0.39, 0.29) is 11.9 Å². The molecule has 1 rings (SSSR count). The fraction of sp³-hybridized carbons (Fsp3) is 0.917. The summed E-state index contributed by atoms with van der Waals surface area (Å²) in [7, 11) is 0. The Morgan fingerprint density at radius 3 is 2.80 bits per heavy atom. The topological polar surface area (TPSA) is 55.1 Å². The van der Waals surface area contributed by atoms with E-state index in [1.807, 2.05) is 6.92 Å². The van der Waals surface area contributed by atoms with Gasteiger partial charge < -0.3 is 11.1 Å². The molecule has 0 spiro atoms. The summed E-state index contributed by atoms with van der Waals surface area (Å²) < 4.78 is 0. The van der Waals surface area contributed by atoms with Crippen molar-refractivity contribution in [2.45, 2.75) is 64.5 Å². The van der Waals surface area contributed by atoms with Crippen molar-refractivity contribution >= 4 is 5.91 Å². The van der Waals surface area contributed by atoms with Crippen molar-refractivity contribution in [2.75, 3.05) is 0 Å². The number of carbonyl (C=O) groups excluding carboxylic acids is 1. The monoisotopic (exact) mass is 212 g/mol. The van der Waals surface area contributed by atoms with Gasteiger partial charge in [-0.2, -0.15) is 0 Å². The molecule has 2 unspecified atom stereocenters. The minimum absolute atomic E-state index is 0.0250. The molecule has 1 aliphatic carbocycles. The molecule has 0 aliphatic heterocycles. The van der Waals surface area contributed by atoms with Crippen LogP contribution < -0.4 is 11.1 Å². The van der Waals surface area contributed by atoms with Crippen LogP contribution in [0.15, 0.2) is 0 Å². The van der Waals surface area contributed by atoms with Crippen LogP contribution in [0.3, 0.4) is 0 Å². The van der Waals surface area contributed by atoms with Crippen molar-refractivity contribution in [3.8, 4) is 0 Å². The lowest BCUT2D eigenvalue weighted by molar-refractivity contribution is -0.123. The highest BCUT2D eigenvalue weighted by atomic mass is 16.2. The molecule has 0 bridgehead atoms. The molecule has 0 aromatic heterocycles. The summed E-state index contributed by atoms with van der Waals surface area (Å²) in [6, 6.07) is 0.0331. The van der Waals surface area contributed by atoms with Crippen LogP contribution in [-0.2, 0) is 4.79 Å². The molecule has 0 aromatic rings. The van der Waals surface area contributed by atoms with Crippen molar-refractivity contribution in [1.29, 1.82) is 0 Å². The second-order valence-electron chi connectivity index (χ2n) is 4.83. The van der Waals surface area contributed by atoms with E-state index >= 15 is 0 Å². The Balaban J connectivity index is 2.34. The standard InChI is InChI=1S/C12H24N2O/c1-3-11(13)12(15)14-10-6-4-5-9(2)7-8-10/h9-11H,3-8,13H2,1-2H3,(H,14,15)/t9?,10?,11-/m0/s1. The lowest BCUT2D eigenvalue weighted by Crippen LogP contribution is -2.44. The van der Waals surface area contributed by atoms with Crippen LogP contribution in [0.5, 0.6) is 0 Å². The highest BCUT2D eigenvalue weighted by Crippen LogP contribution is 2.22. The van der Waals surface area contributed by atoms with Crippen molar-refractivity contribution in [3.63, 3.8) is 0 Å². The van der Waals surface area contributed by atoms with Gasteiger partial charge in [-0.05, 0) is 31.6 Å². The molecular weight excluding hydrogens is 188 g/mol. The van der Waals surface area contributed by atoms with E-state index in [0.29, 0.717) is 6.04 Å². The van der Waals surface area contributed by atoms with Gasteiger partial charge in [-0.1, -0.05) is 26.7 Å². The molecule has 1 fully saturated rings. The van der Waals surface area contributed by atoms with Gasteiger partial charge in [0.05, 0.1) is 6.04 Å². The fourth-order valence-electron chi connectivity index (χ4n) is 2.13. The summed E-state index contributed by atoms with van der Waals surface area (Å²) in [4.78, 5) is 11.6. The van der Waals surface area contributed by atoms with Gasteiger partial charge >= 0.3 is 0 Å². The Labute approximate surface area is 92.8 Å². The van der Waals surface area contributed by atoms with E-state index in [4.69, 9.17) is 5.73 Å². The predicted octanol–water partition coefficient (Wildman–Crippen LogP) is 1.81. The average molecular weight is 212 g/mol. The van der Waals surface area contributed by atoms with Crippen molar-refractivity contribution in [3.05, 3.63) is 0 Å². The van der Waals surface area contributed by atoms with Crippen LogP contribution in [0, 0.1) is 5.92 Å². The van der Waals surface area contributed by atoms with Gasteiger partial charge in [0.25, 0.3) is 0 Å². The Hall–Kier alpha value is -0.570. The molecule has 3 N–H and O–H groups in total. The third kappa shape index (κ3) is 4.20.